The monoisotopic (exact) mass is 540 g/mol. The summed E-state index contributed by atoms with van der Waals surface area (Å²) in [4.78, 5) is 50.9. The second-order valence-electron chi connectivity index (χ2n) is 9.31. The number of benzene rings is 2. The maximum Gasteiger partial charge on any atom is 0.407 e. The van der Waals surface area contributed by atoms with E-state index in [4.69, 9.17) is 10.5 Å². The van der Waals surface area contributed by atoms with Crippen LogP contribution in [0.4, 0.5) is 4.79 Å². The van der Waals surface area contributed by atoms with Crippen molar-refractivity contribution in [3.05, 3.63) is 71.8 Å². The van der Waals surface area contributed by atoms with Gasteiger partial charge in [-0.2, -0.15) is 0 Å². The molecule has 10 heteroatoms. The molecule has 2 aromatic rings. The summed E-state index contributed by atoms with van der Waals surface area (Å²) < 4.78 is 5.19. The fourth-order valence-electron chi connectivity index (χ4n) is 3.91. The molecule has 0 radical (unpaired) electrons. The number of carbonyl (C=O) groups excluding carboxylic acids is 3. The minimum atomic E-state index is -1.16. The van der Waals surface area contributed by atoms with E-state index in [1.165, 1.54) is 0 Å². The zero-order valence-electron chi connectivity index (χ0n) is 22.4. The number of carbonyl (C=O) groups is 4. The largest absolute Gasteiger partial charge is 0.480 e. The van der Waals surface area contributed by atoms with Gasteiger partial charge in [-0.3, -0.25) is 9.59 Å². The molecule has 0 aliphatic rings. The van der Waals surface area contributed by atoms with Crippen molar-refractivity contribution in [2.75, 3.05) is 13.2 Å². The fourth-order valence-corrected chi connectivity index (χ4v) is 3.91. The zero-order valence-corrected chi connectivity index (χ0v) is 22.4. The quantitative estimate of drug-likeness (QED) is 0.193. The molecule has 10 nitrogen and oxygen atoms in total. The third-order valence-corrected chi connectivity index (χ3v) is 6.10. The molecular formula is C29H40N4O6. The molecule has 0 fully saturated rings. The number of nitrogens with one attached hydrogen (secondary N) is 3. The van der Waals surface area contributed by atoms with E-state index in [0.29, 0.717) is 25.8 Å². The molecule has 2 rings (SSSR count). The highest BCUT2D eigenvalue weighted by Crippen LogP contribution is 2.09. The molecular weight excluding hydrogens is 500 g/mol. The molecule has 0 aliphatic carbocycles. The van der Waals surface area contributed by atoms with E-state index >= 15 is 0 Å². The van der Waals surface area contributed by atoms with Gasteiger partial charge >= 0.3 is 12.1 Å². The molecule has 2 aromatic carbocycles. The van der Waals surface area contributed by atoms with Crippen LogP contribution in [0.15, 0.2) is 60.7 Å². The summed E-state index contributed by atoms with van der Waals surface area (Å²) in [7, 11) is 0. The molecule has 0 bridgehead atoms. The zero-order chi connectivity index (χ0) is 28.5. The first-order valence-corrected chi connectivity index (χ1v) is 13.4. The molecule has 39 heavy (non-hydrogen) atoms. The van der Waals surface area contributed by atoms with Crippen LogP contribution < -0.4 is 21.7 Å². The van der Waals surface area contributed by atoms with Crippen LogP contribution in [0, 0.1) is 0 Å². The maximum atomic E-state index is 13.5. The number of hydrogen-bond donors (Lipinski definition) is 5. The number of carboxylic acid groups (broad SMARTS) is 1. The summed E-state index contributed by atoms with van der Waals surface area (Å²) in [5.74, 6) is -2.38. The van der Waals surface area contributed by atoms with E-state index < -0.39 is 42.0 Å². The Kier molecular flexibility index (Phi) is 14.1. The van der Waals surface area contributed by atoms with Crippen molar-refractivity contribution in [1.29, 1.82) is 0 Å². The minimum absolute atomic E-state index is 0.132. The molecule has 0 heterocycles. The van der Waals surface area contributed by atoms with Gasteiger partial charge in [-0.25, -0.2) is 9.59 Å². The summed E-state index contributed by atoms with van der Waals surface area (Å²) in [6.45, 7) is 2.61. The second-order valence-corrected chi connectivity index (χ2v) is 9.31. The third kappa shape index (κ3) is 12.0. The number of nitrogens with two attached hydrogens (primary N) is 1. The lowest BCUT2D eigenvalue weighted by Crippen LogP contribution is -2.57. The molecule has 0 saturated carbocycles. The number of amides is 3. The van der Waals surface area contributed by atoms with Gasteiger partial charge in [-0.1, -0.05) is 74.0 Å². The van der Waals surface area contributed by atoms with E-state index in [-0.39, 0.29) is 25.9 Å². The van der Waals surface area contributed by atoms with Crippen LogP contribution >= 0.6 is 0 Å². The SMILES string of the molecule is CCCCOC(=O)NC(Cc1ccccc1)C(=O)NC(Cc1ccccc1)C(=O)NC(CCCCN)C(=O)O. The Hall–Kier alpha value is -3.92. The third-order valence-electron chi connectivity index (χ3n) is 6.10. The first-order chi connectivity index (χ1) is 18.8. The van der Waals surface area contributed by atoms with Gasteiger partial charge < -0.3 is 31.5 Å². The number of carboxylic acids is 1. The average molecular weight is 541 g/mol. The van der Waals surface area contributed by atoms with E-state index in [9.17, 15) is 24.3 Å². The number of unbranched alkanes of at least 4 members (excludes halogenated alkanes) is 2. The smallest absolute Gasteiger partial charge is 0.407 e. The van der Waals surface area contributed by atoms with Crippen molar-refractivity contribution in [1.82, 2.24) is 16.0 Å². The standard InChI is InChI=1S/C29H40N4O6/c1-2-3-18-39-29(38)33-25(20-22-14-8-5-9-15-22)27(35)32-24(19-21-12-6-4-7-13-21)26(34)31-23(28(36)37)16-10-11-17-30/h4-9,12-15,23-25H,2-3,10-11,16-20,30H2,1H3,(H,31,34)(H,32,35)(H,33,38)(H,36,37). The predicted molar refractivity (Wildman–Crippen MR) is 148 cm³/mol. The Bertz CT molecular complexity index is 1030. The maximum absolute atomic E-state index is 13.5. The van der Waals surface area contributed by atoms with Crippen molar-refractivity contribution in [2.45, 2.75) is 70.0 Å². The van der Waals surface area contributed by atoms with E-state index in [0.717, 1.165) is 17.5 Å². The van der Waals surface area contributed by atoms with Crippen LogP contribution in [-0.2, 0) is 32.0 Å². The highest BCUT2D eigenvalue weighted by atomic mass is 16.5. The number of rotatable bonds is 17. The Labute approximate surface area is 229 Å². The van der Waals surface area contributed by atoms with Crippen LogP contribution in [0.2, 0.25) is 0 Å². The normalized spacial score (nSPS) is 13.0. The lowest BCUT2D eigenvalue weighted by molar-refractivity contribution is -0.142. The Morgan fingerprint density at radius 2 is 1.28 bits per heavy atom. The Morgan fingerprint density at radius 3 is 1.77 bits per heavy atom. The van der Waals surface area contributed by atoms with Gasteiger partial charge in [-0.05, 0) is 43.4 Å². The second kappa shape index (κ2) is 17.6. The predicted octanol–water partition coefficient (Wildman–Crippen LogP) is 2.55. The minimum Gasteiger partial charge on any atom is -0.480 e. The summed E-state index contributed by atoms with van der Waals surface area (Å²) in [6.07, 6.45) is 2.50. The van der Waals surface area contributed by atoms with Crippen LogP contribution in [-0.4, -0.2) is 60.3 Å². The van der Waals surface area contributed by atoms with E-state index in [1.807, 2.05) is 67.6 Å². The van der Waals surface area contributed by atoms with E-state index in [2.05, 4.69) is 16.0 Å². The number of alkyl carbamates (subject to hydrolysis) is 1. The molecule has 3 unspecified atom stereocenters. The molecule has 3 amide bonds. The van der Waals surface area contributed by atoms with Crippen molar-refractivity contribution >= 4 is 23.9 Å². The molecule has 0 aromatic heterocycles. The number of hydrogen-bond acceptors (Lipinski definition) is 6. The molecule has 0 spiro atoms. The molecule has 0 aliphatic heterocycles. The van der Waals surface area contributed by atoms with Gasteiger partial charge in [0.1, 0.15) is 18.1 Å². The summed E-state index contributed by atoms with van der Waals surface area (Å²) in [5.41, 5.74) is 7.10. The van der Waals surface area contributed by atoms with Crippen LogP contribution in [0.1, 0.15) is 50.2 Å². The first-order valence-electron chi connectivity index (χ1n) is 13.4. The van der Waals surface area contributed by atoms with Gasteiger partial charge in [0.25, 0.3) is 0 Å². The highest BCUT2D eigenvalue weighted by Gasteiger charge is 2.30. The van der Waals surface area contributed by atoms with Crippen LogP contribution in [0.5, 0.6) is 0 Å². The van der Waals surface area contributed by atoms with Crippen molar-refractivity contribution in [3.63, 3.8) is 0 Å². The van der Waals surface area contributed by atoms with Gasteiger partial charge in [0.05, 0.1) is 6.61 Å². The summed E-state index contributed by atoms with van der Waals surface area (Å²) in [6, 6.07) is 15.0. The average Bonchev–Trinajstić information content (AvgIpc) is 2.93. The first kappa shape index (κ1) is 31.3. The van der Waals surface area contributed by atoms with Crippen LogP contribution in [0.25, 0.3) is 0 Å². The Balaban J connectivity index is 2.22. The van der Waals surface area contributed by atoms with Crippen molar-refractivity contribution < 1.29 is 29.0 Å². The van der Waals surface area contributed by atoms with Gasteiger partial charge in [0.15, 0.2) is 0 Å². The fraction of sp³-hybridized carbons (Fsp3) is 0.448. The number of aliphatic carboxylic acids is 1. The van der Waals surface area contributed by atoms with Crippen molar-refractivity contribution in [2.24, 2.45) is 5.73 Å². The van der Waals surface area contributed by atoms with Gasteiger partial charge in [-0.15, -0.1) is 0 Å². The summed E-state index contributed by atoms with van der Waals surface area (Å²) >= 11 is 0. The van der Waals surface area contributed by atoms with Gasteiger partial charge in [0, 0.05) is 12.8 Å². The molecule has 3 atom stereocenters. The lowest BCUT2D eigenvalue weighted by atomic mass is 10.0. The topological polar surface area (TPSA) is 160 Å². The molecule has 6 N–H and O–H groups in total. The summed E-state index contributed by atoms with van der Waals surface area (Å²) in [5, 5.41) is 17.5. The van der Waals surface area contributed by atoms with Crippen molar-refractivity contribution in [3.8, 4) is 0 Å². The lowest BCUT2D eigenvalue weighted by Gasteiger charge is -2.25. The number of ether oxygens (including phenoxy) is 1. The van der Waals surface area contributed by atoms with E-state index in [1.54, 1.807) is 0 Å². The van der Waals surface area contributed by atoms with Crippen LogP contribution in [0.3, 0.4) is 0 Å². The highest BCUT2D eigenvalue weighted by molar-refractivity contribution is 5.93. The van der Waals surface area contributed by atoms with Gasteiger partial charge in [0.2, 0.25) is 11.8 Å². The molecule has 212 valence electrons. The Morgan fingerprint density at radius 1 is 0.769 bits per heavy atom. The molecule has 0 saturated heterocycles.